The lowest BCUT2D eigenvalue weighted by Gasteiger charge is -2.47. The van der Waals surface area contributed by atoms with E-state index >= 15 is 0 Å². The van der Waals surface area contributed by atoms with Gasteiger partial charge < -0.3 is 80.8 Å². The summed E-state index contributed by atoms with van der Waals surface area (Å²) >= 11 is 0. The Balaban J connectivity index is 0.00000476. The van der Waals surface area contributed by atoms with Crippen molar-refractivity contribution in [1.82, 2.24) is 0 Å². The van der Waals surface area contributed by atoms with E-state index in [9.17, 15) is 38.4 Å². The van der Waals surface area contributed by atoms with Gasteiger partial charge in [0.2, 0.25) is 11.5 Å². The minimum Gasteiger partial charge on any atom is -1.00 e. The molecule has 4 saturated heterocycles. The van der Waals surface area contributed by atoms with Gasteiger partial charge in [0.1, 0.15) is 25.3 Å². The second kappa shape index (κ2) is 22.3. The van der Waals surface area contributed by atoms with Crippen LogP contribution < -0.4 is 62.4 Å². The lowest BCUT2D eigenvalue weighted by Crippen LogP contribution is -3.00. The number of carbonyl (C=O) groups is 8. The van der Waals surface area contributed by atoms with Crippen molar-refractivity contribution < 1.29 is 119 Å². The molecule has 0 aromatic heterocycles. The highest BCUT2D eigenvalue weighted by molar-refractivity contribution is 5.80. The van der Waals surface area contributed by atoms with Gasteiger partial charge in [-0.05, 0) is 24.3 Å². The maximum Gasteiger partial charge on any atom is 0.308 e. The predicted molar refractivity (Wildman–Crippen MR) is 222 cm³/mol. The molecule has 4 unspecified atom stereocenters. The summed E-state index contributed by atoms with van der Waals surface area (Å²) < 4.78 is 45.2. The number of nitrogens with zero attached hydrogens (tertiary/aromatic N) is 2. The number of ether oxygens (including phenoxy) is 8. The second-order valence-electron chi connectivity index (χ2n) is 17.9. The van der Waals surface area contributed by atoms with Gasteiger partial charge in [-0.25, -0.2) is 0 Å². The molecule has 4 fully saturated rings. The fraction of sp³-hybridized carbons (Fsp3) is 0.565. The quantitative estimate of drug-likeness (QED) is 0.120. The van der Waals surface area contributed by atoms with Crippen LogP contribution in [-0.4, -0.2) is 107 Å². The van der Waals surface area contributed by atoms with Crippen molar-refractivity contribution in [1.29, 1.82) is 0 Å². The van der Waals surface area contributed by atoms with Gasteiger partial charge in [-0.3, -0.25) is 38.4 Å². The van der Waals surface area contributed by atoms with Crippen molar-refractivity contribution in [2.75, 3.05) is 14.1 Å². The zero-order valence-electron chi connectivity index (χ0n) is 38.4. The number of esters is 8. The first-order chi connectivity index (χ1) is 30.1. The normalized spacial score (nSPS) is 25.7. The number of halogens is 2. The van der Waals surface area contributed by atoms with E-state index in [-0.39, 0.29) is 118 Å². The van der Waals surface area contributed by atoms with Crippen LogP contribution in [0.1, 0.15) is 117 Å². The molecular weight excluding hydrogens is 996 g/mol. The summed E-state index contributed by atoms with van der Waals surface area (Å²) in [7, 11) is 4.25. The van der Waals surface area contributed by atoms with E-state index in [1.54, 1.807) is 24.3 Å². The first kappa shape index (κ1) is 53.7. The average molecular weight is 1050 g/mol. The zero-order valence-corrected chi connectivity index (χ0v) is 41.6. The number of benzene rings is 2. The molecule has 2 aromatic rings. The van der Waals surface area contributed by atoms with E-state index in [2.05, 4.69) is 14.1 Å². The van der Waals surface area contributed by atoms with Gasteiger partial charge in [0, 0.05) is 104 Å². The number of carbonyl (C=O) groups excluding carboxylic acids is 8. The fourth-order valence-electron chi connectivity index (χ4n) is 10.4. The van der Waals surface area contributed by atoms with E-state index in [0.717, 1.165) is 25.7 Å². The molecule has 4 aliphatic rings. The summed E-state index contributed by atoms with van der Waals surface area (Å²) in [6.07, 6.45) is 5.13. The Morgan fingerprint density at radius 2 is 0.682 bits per heavy atom. The third-order valence-electron chi connectivity index (χ3n) is 13.0. The van der Waals surface area contributed by atoms with Crippen molar-refractivity contribution in [2.45, 2.75) is 155 Å². The summed E-state index contributed by atoms with van der Waals surface area (Å²) in [4.78, 5) is 97.9. The molecule has 66 heavy (non-hydrogen) atoms. The molecule has 6 rings (SSSR count). The van der Waals surface area contributed by atoms with Crippen molar-refractivity contribution in [3.05, 3.63) is 35.4 Å². The van der Waals surface area contributed by atoms with Gasteiger partial charge in [-0.1, -0.05) is 0 Å². The van der Waals surface area contributed by atoms with Crippen molar-refractivity contribution in [2.24, 2.45) is 0 Å². The van der Waals surface area contributed by atoms with Crippen LogP contribution in [0, 0.1) is 0 Å². The third kappa shape index (κ3) is 12.9. The molecule has 0 aliphatic carbocycles. The molecule has 0 amide bonds. The minimum atomic E-state index is -0.682. The predicted octanol–water partition coefficient (Wildman–Crippen LogP) is -0.907. The topological polar surface area (TPSA) is 210 Å². The highest BCUT2D eigenvalue weighted by atomic mass is 79.9. The standard InChI is InChI=1S/C46H58N2O16.2BrH/c1-25(49)57-39-15-31(16-40(58-26(2)50)45(39)61-29(5)53)23-47(7)33-9-10-34(47)20-37(19-33)63-43(55)13-14-44(56)64-38-21-35-11-12-36(22-38)48(35,8)24-32-17-41(59-27(3)51)46(62-30(6)54)42(18-32)60-28(4)52;;/h15-18,33-38H,9-14,19-24H2,1-8H3;2*1H/q+2;;/p-2/t33-,34+,35-,36+,37?,38?,47?,48?;;. The maximum atomic E-state index is 13.1. The molecule has 0 radical (unpaired) electrons. The Kier molecular flexibility index (Phi) is 18.1. The Morgan fingerprint density at radius 1 is 0.439 bits per heavy atom. The Bertz CT molecular complexity index is 1980. The van der Waals surface area contributed by atoms with Gasteiger partial charge in [0.05, 0.1) is 51.1 Å². The number of piperidine rings is 2. The van der Waals surface area contributed by atoms with Gasteiger partial charge in [-0.15, -0.1) is 0 Å². The minimum absolute atomic E-state index is 0. The van der Waals surface area contributed by atoms with Gasteiger partial charge in [-0.2, -0.15) is 0 Å². The summed E-state index contributed by atoms with van der Waals surface area (Å²) in [5.74, 6) is -5.36. The monoisotopic (exact) mass is 1050 g/mol. The molecule has 4 heterocycles. The van der Waals surface area contributed by atoms with Crippen LogP contribution in [0.3, 0.4) is 0 Å². The molecular formula is C46H58Br2N2O16. The highest BCUT2D eigenvalue weighted by Crippen LogP contribution is 2.48. The van der Waals surface area contributed by atoms with Crippen LogP contribution in [0.25, 0.3) is 0 Å². The third-order valence-corrected chi connectivity index (χ3v) is 13.0. The molecule has 4 bridgehead atoms. The molecule has 0 spiro atoms. The summed E-state index contributed by atoms with van der Waals surface area (Å²) in [5.41, 5.74) is 1.39. The van der Waals surface area contributed by atoms with Crippen LogP contribution in [0.2, 0.25) is 0 Å². The van der Waals surface area contributed by atoms with Crippen LogP contribution >= 0.6 is 0 Å². The summed E-state index contributed by atoms with van der Waals surface area (Å²) in [6.45, 7) is 8.18. The number of fused-ring (bicyclic) bond motifs is 4. The number of hydrogen-bond donors (Lipinski definition) is 0. The highest BCUT2D eigenvalue weighted by Gasteiger charge is 2.54. The molecule has 0 saturated carbocycles. The van der Waals surface area contributed by atoms with Crippen LogP contribution in [-0.2, 0) is 60.9 Å². The molecule has 18 nitrogen and oxygen atoms in total. The van der Waals surface area contributed by atoms with E-state index < -0.39 is 47.8 Å². The van der Waals surface area contributed by atoms with Gasteiger partial charge in [0.15, 0.2) is 23.0 Å². The van der Waals surface area contributed by atoms with Crippen LogP contribution in [0.4, 0.5) is 0 Å². The second-order valence-corrected chi connectivity index (χ2v) is 17.9. The lowest BCUT2D eigenvalue weighted by molar-refractivity contribution is -0.961. The molecule has 0 N–H and O–H groups in total. The van der Waals surface area contributed by atoms with Gasteiger partial charge in [0.25, 0.3) is 0 Å². The number of quaternary nitrogens is 2. The van der Waals surface area contributed by atoms with E-state index in [1.165, 1.54) is 41.5 Å². The van der Waals surface area contributed by atoms with E-state index in [4.69, 9.17) is 37.9 Å². The Labute approximate surface area is 404 Å². The van der Waals surface area contributed by atoms with E-state index in [0.29, 0.717) is 58.9 Å². The zero-order chi connectivity index (χ0) is 46.7. The summed E-state index contributed by atoms with van der Waals surface area (Å²) in [5, 5.41) is 0. The maximum absolute atomic E-state index is 13.1. The smallest absolute Gasteiger partial charge is 0.308 e. The molecule has 2 aromatic carbocycles. The Morgan fingerprint density at radius 3 is 0.909 bits per heavy atom. The molecule has 4 aliphatic heterocycles. The molecule has 8 atom stereocenters. The van der Waals surface area contributed by atoms with Crippen molar-refractivity contribution in [3.8, 4) is 34.5 Å². The first-order valence-electron chi connectivity index (χ1n) is 21.6. The number of rotatable bonds is 15. The lowest BCUT2D eigenvalue weighted by atomic mass is 9.95. The molecule has 362 valence electrons. The van der Waals surface area contributed by atoms with Gasteiger partial charge >= 0.3 is 47.8 Å². The van der Waals surface area contributed by atoms with Crippen LogP contribution in [0.5, 0.6) is 34.5 Å². The van der Waals surface area contributed by atoms with Crippen molar-refractivity contribution in [3.63, 3.8) is 0 Å². The average Bonchev–Trinajstić information content (AvgIpc) is 3.39. The Hall–Kier alpha value is -4.92. The van der Waals surface area contributed by atoms with Crippen molar-refractivity contribution >= 4 is 47.8 Å². The number of hydrogen-bond acceptors (Lipinski definition) is 16. The SMILES string of the molecule is CC(=O)Oc1cc(C[N+]2(C)[C@@H]3CC[C@H]2CC(OC(=O)CCC(=O)OC2C[C@H]4CC[C@@H](C2)[N+]4(C)Cc2cc(OC(C)=O)c(OC(C)=O)c(OC(C)=O)c2)C3)cc(OC(C)=O)c1OC(C)=O.[Br-].[Br-]. The molecule has 20 heteroatoms. The van der Waals surface area contributed by atoms with Crippen LogP contribution in [0.15, 0.2) is 24.3 Å². The van der Waals surface area contributed by atoms with E-state index in [1.807, 2.05) is 0 Å². The first-order valence-corrected chi connectivity index (χ1v) is 21.6. The fourth-order valence-corrected chi connectivity index (χ4v) is 10.4. The largest absolute Gasteiger partial charge is 1.00 e. The summed E-state index contributed by atoms with van der Waals surface area (Å²) in [6, 6.07) is 6.95.